The molecule has 1 aromatic carbocycles. The topological polar surface area (TPSA) is 29.1 Å². The minimum absolute atomic E-state index is 0.0415. The molecule has 1 aromatic rings. The lowest BCUT2D eigenvalue weighted by Crippen LogP contribution is -2.40. The van der Waals surface area contributed by atoms with Gasteiger partial charge in [0.25, 0.3) is 0 Å². The van der Waals surface area contributed by atoms with Gasteiger partial charge in [-0.2, -0.15) is 0 Å². The van der Waals surface area contributed by atoms with Gasteiger partial charge in [0.15, 0.2) is 0 Å². The van der Waals surface area contributed by atoms with Gasteiger partial charge in [0.2, 0.25) is 0 Å². The molecule has 118 valence electrons. The number of halogens is 2. The van der Waals surface area contributed by atoms with Gasteiger partial charge < -0.3 is 5.32 Å². The molecule has 1 aliphatic carbocycles. The van der Waals surface area contributed by atoms with Gasteiger partial charge in [0.05, 0.1) is 15.8 Å². The fourth-order valence-electron chi connectivity index (χ4n) is 2.93. The van der Waals surface area contributed by atoms with Crippen molar-refractivity contribution in [3.05, 3.63) is 29.0 Å². The molecule has 0 spiro atoms. The second-order valence-electron chi connectivity index (χ2n) is 5.69. The van der Waals surface area contributed by atoms with Crippen LogP contribution in [0.25, 0.3) is 0 Å². The molecule has 0 radical (unpaired) electrons. The van der Waals surface area contributed by atoms with Crippen molar-refractivity contribution in [2.75, 3.05) is 12.3 Å². The van der Waals surface area contributed by atoms with Crippen LogP contribution in [-0.4, -0.2) is 22.5 Å². The molecule has 5 heteroatoms. The molecule has 0 bridgehead atoms. The van der Waals surface area contributed by atoms with E-state index in [0.29, 0.717) is 16.6 Å². The van der Waals surface area contributed by atoms with Crippen LogP contribution in [0.2, 0.25) is 5.02 Å². The summed E-state index contributed by atoms with van der Waals surface area (Å²) >= 11 is 5.78. The van der Waals surface area contributed by atoms with Crippen molar-refractivity contribution in [3.63, 3.8) is 0 Å². The minimum Gasteiger partial charge on any atom is -0.313 e. The lowest BCUT2D eigenvalue weighted by atomic mass is 10.00. The van der Waals surface area contributed by atoms with Crippen molar-refractivity contribution >= 4 is 22.4 Å². The van der Waals surface area contributed by atoms with Gasteiger partial charge in [0.1, 0.15) is 5.82 Å². The first kappa shape index (κ1) is 16.9. The number of hydrogen-bond donors (Lipinski definition) is 1. The summed E-state index contributed by atoms with van der Waals surface area (Å²) < 4.78 is 25.7. The molecule has 1 N–H and O–H groups in total. The quantitative estimate of drug-likeness (QED) is 0.813. The molecule has 21 heavy (non-hydrogen) atoms. The number of benzene rings is 1. The van der Waals surface area contributed by atoms with E-state index in [1.807, 2.05) is 0 Å². The van der Waals surface area contributed by atoms with Gasteiger partial charge in [-0.1, -0.05) is 31.4 Å². The molecule has 0 aromatic heterocycles. The summed E-state index contributed by atoms with van der Waals surface area (Å²) in [5, 5.41) is 3.58. The fraction of sp³-hybridized carbons (Fsp3) is 0.625. The Morgan fingerprint density at radius 1 is 1.43 bits per heavy atom. The fourth-order valence-corrected chi connectivity index (χ4v) is 4.55. The lowest BCUT2D eigenvalue weighted by Gasteiger charge is -2.24. The van der Waals surface area contributed by atoms with Crippen LogP contribution in [0.15, 0.2) is 23.1 Å². The van der Waals surface area contributed by atoms with Gasteiger partial charge in [-0.3, -0.25) is 4.21 Å². The van der Waals surface area contributed by atoms with Crippen LogP contribution in [0.1, 0.15) is 39.0 Å². The third-order valence-corrected chi connectivity index (χ3v) is 5.84. The Kier molecular flexibility index (Phi) is 6.65. The van der Waals surface area contributed by atoms with Crippen LogP contribution in [0.5, 0.6) is 0 Å². The summed E-state index contributed by atoms with van der Waals surface area (Å²) in [4.78, 5) is 0.614. The van der Waals surface area contributed by atoms with Crippen LogP contribution in [-0.2, 0) is 10.8 Å². The summed E-state index contributed by atoms with van der Waals surface area (Å²) in [6.07, 6.45) is 6.03. The molecule has 2 atom stereocenters. The van der Waals surface area contributed by atoms with Crippen LogP contribution in [0.3, 0.4) is 0 Å². The predicted octanol–water partition coefficient (Wildman–Crippen LogP) is 4.15. The molecular weight excluding hydrogens is 309 g/mol. The molecule has 1 saturated carbocycles. The smallest absolute Gasteiger partial charge is 0.141 e. The molecule has 1 aliphatic rings. The summed E-state index contributed by atoms with van der Waals surface area (Å²) in [6, 6.07) is 4.62. The lowest BCUT2D eigenvalue weighted by molar-refractivity contribution is 0.385. The highest BCUT2D eigenvalue weighted by molar-refractivity contribution is 7.85. The molecule has 2 unspecified atom stereocenters. The largest absolute Gasteiger partial charge is 0.313 e. The summed E-state index contributed by atoms with van der Waals surface area (Å²) in [5.41, 5.74) is 0. The summed E-state index contributed by atoms with van der Waals surface area (Å²) in [7, 11) is -1.15. The van der Waals surface area contributed by atoms with Crippen molar-refractivity contribution in [3.8, 4) is 0 Å². The maximum absolute atomic E-state index is 13.2. The average Bonchev–Trinajstić information content (AvgIpc) is 3.00. The Bertz CT molecular complexity index is 491. The monoisotopic (exact) mass is 331 g/mol. The Balaban J connectivity index is 2.03. The van der Waals surface area contributed by atoms with Crippen molar-refractivity contribution in [1.29, 1.82) is 0 Å². The predicted molar refractivity (Wildman–Crippen MR) is 86.7 cm³/mol. The Morgan fingerprint density at radius 2 is 2.14 bits per heavy atom. The van der Waals surface area contributed by atoms with E-state index >= 15 is 0 Å². The maximum atomic E-state index is 13.2. The van der Waals surface area contributed by atoms with E-state index in [2.05, 4.69) is 12.2 Å². The van der Waals surface area contributed by atoms with E-state index in [-0.39, 0.29) is 11.1 Å². The van der Waals surface area contributed by atoms with Crippen molar-refractivity contribution in [2.24, 2.45) is 5.92 Å². The number of nitrogens with one attached hydrogen (secondary N) is 1. The van der Waals surface area contributed by atoms with Crippen LogP contribution < -0.4 is 5.32 Å². The van der Waals surface area contributed by atoms with E-state index in [9.17, 15) is 8.60 Å². The highest BCUT2D eigenvalue weighted by atomic mass is 35.5. The normalized spacial score (nSPS) is 18.8. The van der Waals surface area contributed by atoms with Gasteiger partial charge in [0, 0.05) is 16.7 Å². The zero-order valence-electron chi connectivity index (χ0n) is 12.4. The second-order valence-corrected chi connectivity index (χ2v) is 7.60. The van der Waals surface area contributed by atoms with Crippen molar-refractivity contribution < 1.29 is 8.60 Å². The van der Waals surface area contributed by atoms with E-state index < -0.39 is 16.6 Å². The first-order valence-electron chi connectivity index (χ1n) is 7.68. The van der Waals surface area contributed by atoms with Crippen molar-refractivity contribution in [1.82, 2.24) is 5.32 Å². The molecule has 2 nitrogen and oxygen atoms in total. The highest BCUT2D eigenvalue weighted by Gasteiger charge is 2.26. The molecular formula is C16H23ClFNOS. The van der Waals surface area contributed by atoms with Crippen LogP contribution in [0, 0.1) is 11.7 Å². The summed E-state index contributed by atoms with van der Waals surface area (Å²) in [5.74, 6) is 0.720. The van der Waals surface area contributed by atoms with E-state index in [0.717, 1.165) is 13.0 Å². The van der Waals surface area contributed by atoms with Crippen LogP contribution in [0.4, 0.5) is 4.39 Å². The van der Waals surface area contributed by atoms with Crippen molar-refractivity contribution in [2.45, 2.75) is 50.0 Å². The summed E-state index contributed by atoms with van der Waals surface area (Å²) in [6.45, 7) is 3.08. The number of hydrogen-bond acceptors (Lipinski definition) is 2. The Labute approximate surface area is 133 Å². The molecule has 1 fully saturated rings. The standard InChI is InChI=1S/C16H23ClFNOS/c1-2-9-19-16(12-5-3-4-6-12)11-21(20)13-7-8-15(18)14(17)10-13/h7-8,10,12,16,19H,2-6,9,11H2,1H3. The zero-order chi connectivity index (χ0) is 15.2. The molecule has 2 rings (SSSR count). The molecule has 0 saturated heterocycles. The van der Waals surface area contributed by atoms with E-state index in [1.165, 1.54) is 37.8 Å². The van der Waals surface area contributed by atoms with Gasteiger partial charge in [-0.15, -0.1) is 0 Å². The first-order valence-corrected chi connectivity index (χ1v) is 9.38. The zero-order valence-corrected chi connectivity index (χ0v) is 14.0. The van der Waals surface area contributed by atoms with Gasteiger partial charge in [-0.25, -0.2) is 4.39 Å². The highest BCUT2D eigenvalue weighted by Crippen LogP contribution is 2.29. The third kappa shape index (κ3) is 4.76. The Morgan fingerprint density at radius 3 is 2.76 bits per heavy atom. The van der Waals surface area contributed by atoms with Gasteiger partial charge >= 0.3 is 0 Å². The average molecular weight is 332 g/mol. The SMILES string of the molecule is CCCNC(CS(=O)c1ccc(F)c(Cl)c1)C1CCCC1. The van der Waals surface area contributed by atoms with Crippen LogP contribution >= 0.6 is 11.6 Å². The first-order chi connectivity index (χ1) is 10.1. The van der Waals surface area contributed by atoms with E-state index in [1.54, 1.807) is 6.07 Å². The minimum atomic E-state index is -1.15. The second kappa shape index (κ2) is 8.25. The molecule has 0 heterocycles. The molecule has 0 aliphatic heterocycles. The third-order valence-electron chi connectivity index (χ3n) is 4.11. The number of rotatable bonds is 7. The molecule has 0 amide bonds. The maximum Gasteiger partial charge on any atom is 0.141 e. The Hall–Kier alpha value is -0.450. The van der Waals surface area contributed by atoms with Gasteiger partial charge in [-0.05, 0) is 49.9 Å². The van der Waals surface area contributed by atoms with E-state index in [4.69, 9.17) is 11.6 Å².